The quantitative estimate of drug-likeness (QED) is 0.157. The summed E-state index contributed by atoms with van der Waals surface area (Å²) in [6.07, 6.45) is 3.21. The number of carbonyl (C=O) groups excluding carboxylic acids is 1. The second-order valence-electron chi connectivity index (χ2n) is 9.84. The molecule has 1 aliphatic rings. The highest BCUT2D eigenvalue weighted by Crippen LogP contribution is 2.36. The van der Waals surface area contributed by atoms with Crippen LogP contribution < -0.4 is 33.8 Å². The summed E-state index contributed by atoms with van der Waals surface area (Å²) >= 11 is 3.36. The van der Waals surface area contributed by atoms with Crippen LogP contribution in [0.4, 0.5) is 0 Å². The predicted molar refractivity (Wildman–Crippen MR) is 181 cm³/mol. The monoisotopic (exact) mass is 751 g/mol. The van der Waals surface area contributed by atoms with Gasteiger partial charge in [-0.1, -0.05) is 35.6 Å². The Hall–Kier alpha value is -4.61. The van der Waals surface area contributed by atoms with Gasteiger partial charge in [-0.15, -0.1) is 0 Å². The van der Waals surface area contributed by atoms with Crippen molar-refractivity contribution in [3.8, 4) is 29.1 Å². The molecule has 12 heteroatoms. The van der Waals surface area contributed by atoms with Crippen molar-refractivity contribution in [2.75, 3.05) is 27.4 Å². The lowest BCUT2D eigenvalue weighted by Crippen LogP contribution is -2.39. The number of hydrogen-bond donors (Lipinski definition) is 0. The van der Waals surface area contributed by atoms with Gasteiger partial charge in [0.15, 0.2) is 27.8 Å². The first-order valence-corrected chi connectivity index (χ1v) is 16.2. The molecule has 2 heterocycles. The molecule has 4 aromatic rings. The summed E-state index contributed by atoms with van der Waals surface area (Å²) < 4.78 is 31.0. The van der Waals surface area contributed by atoms with Crippen LogP contribution in [0, 0.1) is 14.9 Å². The van der Waals surface area contributed by atoms with Gasteiger partial charge in [0.05, 0.1) is 58.8 Å². The molecule has 0 N–H and O–H groups in total. The first kappa shape index (κ1) is 32.8. The van der Waals surface area contributed by atoms with E-state index in [0.29, 0.717) is 62.2 Å². The minimum Gasteiger partial charge on any atom is -0.493 e. The van der Waals surface area contributed by atoms with E-state index in [1.807, 2.05) is 32.0 Å². The zero-order chi connectivity index (χ0) is 32.8. The molecule has 1 aromatic heterocycles. The Morgan fingerprint density at radius 3 is 2.52 bits per heavy atom. The average Bonchev–Trinajstić information content (AvgIpc) is 3.38. The lowest BCUT2D eigenvalue weighted by molar-refractivity contribution is -0.136. The number of methoxy groups -OCH3 is 2. The summed E-state index contributed by atoms with van der Waals surface area (Å²) in [6, 6.07) is 17.6. The molecule has 0 bridgehead atoms. The minimum absolute atomic E-state index is 0.188. The maximum Gasteiger partial charge on any atom is 0.337 e. The number of nitrogens with zero attached hydrogens (tertiary/aromatic N) is 3. The van der Waals surface area contributed by atoms with Crippen LogP contribution in [-0.4, -0.2) is 38.0 Å². The van der Waals surface area contributed by atoms with Crippen molar-refractivity contribution in [1.82, 2.24) is 4.57 Å². The molecule has 0 spiro atoms. The Bertz CT molecular complexity index is 2040. The van der Waals surface area contributed by atoms with Crippen molar-refractivity contribution in [1.29, 1.82) is 5.26 Å². The van der Waals surface area contributed by atoms with Crippen LogP contribution in [0.2, 0.25) is 0 Å². The number of rotatable bonds is 11. The van der Waals surface area contributed by atoms with Gasteiger partial charge < -0.3 is 23.7 Å². The van der Waals surface area contributed by atoms with Crippen molar-refractivity contribution >= 4 is 46.0 Å². The lowest BCUT2D eigenvalue weighted by Gasteiger charge is -2.23. The molecule has 1 atom stereocenters. The fourth-order valence-corrected chi connectivity index (χ4v) is 6.76. The zero-order valence-electron chi connectivity index (χ0n) is 25.5. The number of carbonyl (C=O) groups is 1. The third-order valence-corrected chi connectivity index (χ3v) is 8.87. The van der Waals surface area contributed by atoms with Gasteiger partial charge in [-0.3, -0.25) is 9.36 Å². The third kappa shape index (κ3) is 6.66. The second kappa shape index (κ2) is 14.7. The third-order valence-electron chi connectivity index (χ3n) is 7.07. The normalized spacial score (nSPS) is 14.0. The van der Waals surface area contributed by atoms with Crippen molar-refractivity contribution in [2.24, 2.45) is 4.99 Å². The van der Waals surface area contributed by atoms with E-state index in [2.05, 4.69) is 33.7 Å². The van der Waals surface area contributed by atoms with Crippen LogP contribution in [-0.2, 0) is 16.1 Å². The highest BCUT2D eigenvalue weighted by atomic mass is 127. The number of esters is 1. The Balaban J connectivity index is 1.56. The van der Waals surface area contributed by atoms with Gasteiger partial charge in [0.25, 0.3) is 5.56 Å². The summed E-state index contributed by atoms with van der Waals surface area (Å²) in [5.41, 5.74) is 2.54. The van der Waals surface area contributed by atoms with Crippen LogP contribution in [0.25, 0.3) is 6.08 Å². The van der Waals surface area contributed by atoms with Crippen molar-refractivity contribution in [2.45, 2.75) is 26.5 Å². The lowest BCUT2D eigenvalue weighted by atomic mass is 9.97. The number of halogens is 1. The van der Waals surface area contributed by atoms with E-state index < -0.39 is 12.0 Å². The smallest absolute Gasteiger partial charge is 0.337 e. The maximum atomic E-state index is 14.0. The van der Waals surface area contributed by atoms with E-state index in [1.54, 1.807) is 49.6 Å². The molecule has 46 heavy (non-hydrogen) atoms. The molecule has 0 saturated carbocycles. The number of benzene rings is 3. The van der Waals surface area contributed by atoms with E-state index in [-0.39, 0.29) is 17.7 Å². The van der Waals surface area contributed by atoms with Gasteiger partial charge >= 0.3 is 5.97 Å². The zero-order valence-corrected chi connectivity index (χ0v) is 28.5. The molecule has 0 unspecified atom stereocenters. The molecule has 3 aromatic carbocycles. The summed E-state index contributed by atoms with van der Waals surface area (Å²) in [7, 11) is 2.83. The van der Waals surface area contributed by atoms with E-state index >= 15 is 0 Å². The fraction of sp³-hybridized carbons (Fsp3) is 0.235. The van der Waals surface area contributed by atoms with Crippen LogP contribution >= 0.6 is 33.9 Å². The van der Waals surface area contributed by atoms with E-state index in [0.717, 1.165) is 9.13 Å². The predicted octanol–water partition coefficient (Wildman–Crippen LogP) is 4.88. The van der Waals surface area contributed by atoms with Gasteiger partial charge in [0.2, 0.25) is 0 Å². The highest BCUT2D eigenvalue weighted by molar-refractivity contribution is 14.1. The van der Waals surface area contributed by atoms with Crippen LogP contribution in [0.15, 0.2) is 76.2 Å². The van der Waals surface area contributed by atoms with Crippen molar-refractivity contribution in [3.63, 3.8) is 0 Å². The molecule has 0 aliphatic carbocycles. The number of ether oxygens (including phenoxy) is 5. The number of hydrogen-bond acceptors (Lipinski definition) is 10. The van der Waals surface area contributed by atoms with E-state index in [4.69, 9.17) is 23.7 Å². The van der Waals surface area contributed by atoms with Gasteiger partial charge in [-0.05, 0) is 84.0 Å². The van der Waals surface area contributed by atoms with Crippen LogP contribution in [0.5, 0.6) is 23.0 Å². The van der Waals surface area contributed by atoms with Gasteiger partial charge in [-0.25, -0.2) is 9.79 Å². The first-order chi connectivity index (χ1) is 22.3. The number of nitriles is 1. The first-order valence-electron chi connectivity index (χ1n) is 14.3. The molecule has 0 fully saturated rings. The molecule has 236 valence electrons. The largest absolute Gasteiger partial charge is 0.493 e. The number of fused-ring (bicyclic) bond motifs is 1. The molecule has 10 nitrogen and oxygen atoms in total. The maximum absolute atomic E-state index is 14.0. The molecular weight excluding hydrogens is 721 g/mol. The Labute approximate surface area is 282 Å². The Morgan fingerprint density at radius 2 is 1.80 bits per heavy atom. The second-order valence-corrected chi connectivity index (χ2v) is 12.0. The molecule has 0 radical (unpaired) electrons. The number of thiazole rings is 1. The molecule has 5 rings (SSSR count). The van der Waals surface area contributed by atoms with Crippen LogP contribution in [0.1, 0.15) is 42.1 Å². The SMILES string of the molecule is CCOc1ccc([C@H]2C(C(=O)OC)=CN=c3s/c(=C\c4cc(I)c(OCc5ccccc5C#N)c(OC)c4)c(=O)n32)cc1OCC. The van der Waals surface area contributed by atoms with E-state index in [9.17, 15) is 14.9 Å². The minimum atomic E-state index is -0.803. The summed E-state index contributed by atoms with van der Waals surface area (Å²) in [6.45, 7) is 4.80. The summed E-state index contributed by atoms with van der Waals surface area (Å²) in [4.78, 5) is 31.8. The molecule has 0 amide bonds. The average molecular weight is 752 g/mol. The molecule has 0 saturated heterocycles. The number of aromatic nitrogens is 1. The van der Waals surface area contributed by atoms with E-state index in [1.165, 1.54) is 29.2 Å². The van der Waals surface area contributed by atoms with Crippen LogP contribution in [0.3, 0.4) is 0 Å². The highest BCUT2D eigenvalue weighted by Gasteiger charge is 2.31. The van der Waals surface area contributed by atoms with Gasteiger partial charge in [0.1, 0.15) is 6.61 Å². The van der Waals surface area contributed by atoms with Crippen molar-refractivity contribution < 1.29 is 28.5 Å². The standard InChI is InChI=1S/C34H30IN3O7S/c1-5-43-26-12-11-21(16-27(26)44-6-2)30-24(33(40)42-4)18-37-34-38(30)32(39)29(46-34)15-20-13-25(35)31(28(14-20)41-3)45-19-23-10-8-7-9-22(23)17-36/h7-16,18,30H,5-6,19H2,1-4H3/b29-15-/t30-/m0/s1. The van der Waals surface area contributed by atoms with Gasteiger partial charge in [-0.2, -0.15) is 5.26 Å². The molecular formula is C34H30IN3O7S. The summed E-state index contributed by atoms with van der Waals surface area (Å²) in [5.74, 6) is 1.48. The fourth-order valence-electron chi connectivity index (χ4n) is 5.01. The Kier molecular flexibility index (Phi) is 10.4. The molecule has 1 aliphatic heterocycles. The topological polar surface area (TPSA) is 121 Å². The summed E-state index contributed by atoms with van der Waals surface area (Å²) in [5, 5.41) is 9.43. The van der Waals surface area contributed by atoms with Gasteiger partial charge in [0, 0.05) is 11.8 Å². The van der Waals surface area contributed by atoms with Crippen molar-refractivity contribution in [3.05, 3.63) is 112 Å². The Morgan fingerprint density at radius 1 is 1.04 bits per heavy atom.